The Morgan fingerprint density at radius 2 is 1.74 bits per heavy atom. The minimum Gasteiger partial charge on any atom is -0.307 e. The van der Waals surface area contributed by atoms with E-state index in [1.807, 2.05) is 12.1 Å². The summed E-state index contributed by atoms with van der Waals surface area (Å²) in [7, 11) is 0. The molecule has 1 aromatic rings. The van der Waals surface area contributed by atoms with Crippen LogP contribution < -0.4 is 5.32 Å². The van der Waals surface area contributed by atoms with Crippen molar-refractivity contribution in [3.63, 3.8) is 0 Å². The van der Waals surface area contributed by atoms with Gasteiger partial charge < -0.3 is 5.32 Å². The standard InChI is InChI=1S/C17H28FN/c1-5-7-8-16(6-2)19-17(13(3)4)14-9-11-15(18)12-10-14/h9-13,16-17,19H,5-8H2,1-4H3. The first-order chi connectivity index (χ1) is 9.08. The molecule has 0 aliphatic rings. The molecule has 19 heavy (non-hydrogen) atoms. The second kappa shape index (κ2) is 8.31. The van der Waals surface area contributed by atoms with Crippen molar-refractivity contribution in [1.82, 2.24) is 5.32 Å². The number of unbranched alkanes of at least 4 members (excludes halogenated alkanes) is 1. The van der Waals surface area contributed by atoms with Gasteiger partial charge in [-0.1, -0.05) is 52.7 Å². The summed E-state index contributed by atoms with van der Waals surface area (Å²) in [6, 6.07) is 7.78. The Hall–Kier alpha value is -0.890. The van der Waals surface area contributed by atoms with Crippen molar-refractivity contribution in [3.8, 4) is 0 Å². The third kappa shape index (κ3) is 5.32. The largest absolute Gasteiger partial charge is 0.307 e. The van der Waals surface area contributed by atoms with E-state index in [0.717, 1.165) is 6.42 Å². The molecule has 1 N–H and O–H groups in total. The molecule has 0 bridgehead atoms. The SMILES string of the molecule is CCCCC(CC)NC(c1ccc(F)cc1)C(C)C. The highest BCUT2D eigenvalue weighted by atomic mass is 19.1. The van der Waals surface area contributed by atoms with Crippen LogP contribution in [0.15, 0.2) is 24.3 Å². The summed E-state index contributed by atoms with van der Waals surface area (Å²) in [5.74, 6) is 0.338. The molecule has 0 aromatic heterocycles. The number of benzene rings is 1. The zero-order chi connectivity index (χ0) is 14.3. The number of nitrogens with one attached hydrogen (secondary N) is 1. The molecule has 0 spiro atoms. The molecule has 1 rings (SSSR count). The van der Waals surface area contributed by atoms with Crippen LogP contribution in [0.25, 0.3) is 0 Å². The molecule has 0 aliphatic carbocycles. The van der Waals surface area contributed by atoms with E-state index in [9.17, 15) is 4.39 Å². The highest BCUT2D eigenvalue weighted by Crippen LogP contribution is 2.24. The minimum absolute atomic E-state index is 0.163. The molecule has 1 aromatic carbocycles. The van der Waals surface area contributed by atoms with E-state index >= 15 is 0 Å². The first kappa shape index (κ1) is 16.2. The first-order valence-electron chi connectivity index (χ1n) is 7.60. The maximum atomic E-state index is 13.0. The Labute approximate surface area is 117 Å². The Morgan fingerprint density at radius 1 is 1.11 bits per heavy atom. The van der Waals surface area contributed by atoms with Crippen LogP contribution in [0.5, 0.6) is 0 Å². The fraction of sp³-hybridized carbons (Fsp3) is 0.647. The van der Waals surface area contributed by atoms with Crippen molar-refractivity contribution >= 4 is 0 Å². The lowest BCUT2D eigenvalue weighted by Gasteiger charge is -2.28. The molecule has 0 heterocycles. The van der Waals surface area contributed by atoms with E-state index in [2.05, 4.69) is 33.0 Å². The molecule has 0 saturated carbocycles. The molecule has 1 nitrogen and oxygen atoms in total. The fourth-order valence-corrected chi connectivity index (χ4v) is 2.45. The van der Waals surface area contributed by atoms with Gasteiger partial charge >= 0.3 is 0 Å². The molecular weight excluding hydrogens is 237 g/mol. The summed E-state index contributed by atoms with van der Waals surface area (Å²) in [5.41, 5.74) is 1.19. The molecule has 2 heteroatoms. The Kier molecular flexibility index (Phi) is 7.07. The number of halogens is 1. The molecular formula is C17H28FN. The van der Waals surface area contributed by atoms with Gasteiger partial charge in [0.15, 0.2) is 0 Å². The maximum absolute atomic E-state index is 13.0. The molecule has 0 aliphatic heterocycles. The van der Waals surface area contributed by atoms with Crippen molar-refractivity contribution in [2.45, 2.75) is 65.5 Å². The van der Waals surface area contributed by atoms with Gasteiger partial charge in [-0.15, -0.1) is 0 Å². The summed E-state index contributed by atoms with van der Waals surface area (Å²) in [6.45, 7) is 8.89. The van der Waals surface area contributed by atoms with E-state index in [4.69, 9.17) is 0 Å². The predicted octanol–water partition coefficient (Wildman–Crippen LogP) is 5.08. The van der Waals surface area contributed by atoms with Gasteiger partial charge in [0.2, 0.25) is 0 Å². The monoisotopic (exact) mass is 265 g/mol. The lowest BCUT2D eigenvalue weighted by Crippen LogP contribution is -2.35. The van der Waals surface area contributed by atoms with E-state index < -0.39 is 0 Å². The van der Waals surface area contributed by atoms with Crippen LogP contribution in [0.2, 0.25) is 0 Å². The van der Waals surface area contributed by atoms with Crippen LogP contribution in [0.3, 0.4) is 0 Å². The van der Waals surface area contributed by atoms with Crippen LogP contribution in [-0.2, 0) is 0 Å². The average molecular weight is 265 g/mol. The van der Waals surface area contributed by atoms with Crippen LogP contribution in [0.1, 0.15) is 65.0 Å². The zero-order valence-electron chi connectivity index (χ0n) is 12.7. The van der Waals surface area contributed by atoms with Crippen molar-refractivity contribution in [2.24, 2.45) is 5.92 Å². The van der Waals surface area contributed by atoms with E-state index in [-0.39, 0.29) is 5.82 Å². The Balaban J connectivity index is 2.74. The van der Waals surface area contributed by atoms with Gasteiger partial charge in [0.1, 0.15) is 5.82 Å². The van der Waals surface area contributed by atoms with Gasteiger partial charge in [0, 0.05) is 12.1 Å². The molecule has 0 fully saturated rings. The van der Waals surface area contributed by atoms with Crippen LogP contribution >= 0.6 is 0 Å². The average Bonchev–Trinajstić information content (AvgIpc) is 2.40. The molecule has 108 valence electrons. The topological polar surface area (TPSA) is 12.0 Å². The molecule has 0 radical (unpaired) electrons. The molecule has 2 unspecified atom stereocenters. The van der Waals surface area contributed by atoms with Gasteiger partial charge in [-0.05, 0) is 36.5 Å². The van der Waals surface area contributed by atoms with Gasteiger partial charge in [-0.2, -0.15) is 0 Å². The van der Waals surface area contributed by atoms with Crippen LogP contribution in [0, 0.1) is 11.7 Å². The lowest BCUT2D eigenvalue weighted by molar-refractivity contribution is 0.336. The van der Waals surface area contributed by atoms with Crippen molar-refractivity contribution in [2.75, 3.05) is 0 Å². The van der Waals surface area contributed by atoms with Gasteiger partial charge in [0.05, 0.1) is 0 Å². The Morgan fingerprint density at radius 3 is 2.21 bits per heavy atom. The predicted molar refractivity (Wildman–Crippen MR) is 80.7 cm³/mol. The van der Waals surface area contributed by atoms with E-state index in [0.29, 0.717) is 18.0 Å². The normalized spacial score (nSPS) is 14.6. The first-order valence-corrected chi connectivity index (χ1v) is 7.60. The number of hydrogen-bond donors (Lipinski definition) is 1. The summed E-state index contributed by atoms with van der Waals surface area (Å²) in [5, 5.41) is 3.75. The quantitative estimate of drug-likeness (QED) is 0.691. The second-order valence-corrected chi connectivity index (χ2v) is 5.69. The molecule has 2 atom stereocenters. The minimum atomic E-state index is -0.163. The fourth-order valence-electron chi connectivity index (χ4n) is 2.45. The summed E-state index contributed by atoms with van der Waals surface area (Å²) in [4.78, 5) is 0. The van der Waals surface area contributed by atoms with Crippen molar-refractivity contribution in [1.29, 1.82) is 0 Å². The number of rotatable bonds is 8. The summed E-state index contributed by atoms with van der Waals surface area (Å²) in [6.07, 6.45) is 4.86. The molecule has 0 amide bonds. The number of hydrogen-bond acceptors (Lipinski definition) is 1. The highest BCUT2D eigenvalue weighted by Gasteiger charge is 2.19. The third-order valence-electron chi connectivity index (χ3n) is 3.71. The lowest BCUT2D eigenvalue weighted by atomic mass is 9.94. The summed E-state index contributed by atoms with van der Waals surface area (Å²) < 4.78 is 13.0. The van der Waals surface area contributed by atoms with Crippen LogP contribution in [-0.4, -0.2) is 6.04 Å². The molecule has 0 saturated heterocycles. The van der Waals surface area contributed by atoms with E-state index in [1.165, 1.54) is 24.8 Å². The van der Waals surface area contributed by atoms with Gasteiger partial charge in [-0.25, -0.2) is 4.39 Å². The van der Waals surface area contributed by atoms with Crippen molar-refractivity contribution in [3.05, 3.63) is 35.6 Å². The van der Waals surface area contributed by atoms with Gasteiger partial charge in [-0.3, -0.25) is 0 Å². The summed E-state index contributed by atoms with van der Waals surface area (Å²) >= 11 is 0. The third-order valence-corrected chi connectivity index (χ3v) is 3.71. The van der Waals surface area contributed by atoms with Gasteiger partial charge in [0.25, 0.3) is 0 Å². The smallest absolute Gasteiger partial charge is 0.123 e. The van der Waals surface area contributed by atoms with E-state index in [1.54, 1.807) is 12.1 Å². The zero-order valence-corrected chi connectivity index (χ0v) is 12.7. The Bertz CT molecular complexity index is 345. The van der Waals surface area contributed by atoms with Crippen molar-refractivity contribution < 1.29 is 4.39 Å². The maximum Gasteiger partial charge on any atom is 0.123 e. The van der Waals surface area contributed by atoms with Crippen LogP contribution in [0.4, 0.5) is 4.39 Å². The highest BCUT2D eigenvalue weighted by molar-refractivity contribution is 5.20. The second-order valence-electron chi connectivity index (χ2n) is 5.69.